The Labute approximate surface area is 247 Å². The van der Waals surface area contributed by atoms with E-state index < -0.39 is 36.5 Å². The van der Waals surface area contributed by atoms with Crippen molar-refractivity contribution in [3.63, 3.8) is 0 Å². The van der Waals surface area contributed by atoms with Gasteiger partial charge in [0.05, 0.1) is 19.6 Å². The predicted molar refractivity (Wildman–Crippen MR) is 148 cm³/mol. The Kier molecular flexibility index (Phi) is 10.1. The number of amides is 3. The van der Waals surface area contributed by atoms with Gasteiger partial charge in [0.15, 0.2) is 8.44 Å². The molecule has 1 aromatic rings. The standard InChI is InChI=1S/C20H22Br3Cl3FN5O4/c1-11(33)28-8-14-9-32(18(35)36-14)13-4-2-12(3-5-13)30-6-7-31(15(27)10-30)16(19(21,22)23)29-17(34)20(24,25)26/h2-5,14-16H,6-10H2,1H3,(H,28,33)(H,29,34)/t14?,15-,16?/m1/s1. The van der Waals surface area contributed by atoms with Gasteiger partial charge in [0, 0.05) is 31.4 Å². The molecule has 2 fully saturated rings. The van der Waals surface area contributed by atoms with Crippen molar-refractivity contribution in [3.8, 4) is 0 Å². The molecule has 3 rings (SSSR count). The van der Waals surface area contributed by atoms with Gasteiger partial charge in [-0.2, -0.15) is 0 Å². The Bertz CT molecular complexity index is 983. The average Bonchev–Trinajstić information content (AvgIpc) is 3.15. The van der Waals surface area contributed by atoms with E-state index >= 15 is 4.39 Å². The van der Waals surface area contributed by atoms with E-state index in [1.165, 1.54) is 16.7 Å². The highest BCUT2D eigenvalue weighted by atomic mass is 80.0. The molecule has 0 aromatic heterocycles. The molecule has 1 aromatic carbocycles. The first kappa shape index (κ1) is 30.0. The minimum absolute atomic E-state index is 0.00705. The third-order valence-corrected chi connectivity index (χ3v) is 7.32. The number of anilines is 2. The predicted octanol–water partition coefficient (Wildman–Crippen LogP) is 4.22. The van der Waals surface area contributed by atoms with Crippen LogP contribution in [0.25, 0.3) is 0 Å². The molecule has 36 heavy (non-hydrogen) atoms. The number of alkyl halides is 7. The van der Waals surface area contributed by atoms with E-state index in [-0.39, 0.29) is 25.5 Å². The number of carbonyl (C=O) groups is 3. The fourth-order valence-corrected chi connectivity index (χ4v) is 5.07. The maximum absolute atomic E-state index is 15.3. The first-order valence-electron chi connectivity index (χ1n) is 10.6. The van der Waals surface area contributed by atoms with E-state index in [4.69, 9.17) is 39.5 Å². The second-order valence-corrected chi connectivity index (χ2v) is 17.3. The molecule has 3 atom stereocenters. The molecule has 2 N–H and O–H groups in total. The molecule has 0 saturated carbocycles. The van der Waals surface area contributed by atoms with Gasteiger partial charge in [0.25, 0.3) is 9.70 Å². The van der Waals surface area contributed by atoms with E-state index in [0.717, 1.165) is 5.69 Å². The van der Waals surface area contributed by atoms with Gasteiger partial charge >= 0.3 is 6.09 Å². The van der Waals surface area contributed by atoms with Gasteiger partial charge < -0.3 is 20.3 Å². The van der Waals surface area contributed by atoms with Gasteiger partial charge in [-0.05, 0) is 24.3 Å². The lowest BCUT2D eigenvalue weighted by Gasteiger charge is -2.45. The average molecular weight is 761 g/mol. The molecule has 2 unspecified atom stereocenters. The molecule has 0 bridgehead atoms. The van der Waals surface area contributed by atoms with Crippen LogP contribution in [0.2, 0.25) is 0 Å². The van der Waals surface area contributed by atoms with Crippen LogP contribution in [0.3, 0.4) is 0 Å². The highest BCUT2D eigenvalue weighted by molar-refractivity contribution is 9.39. The normalized spacial score (nSPS) is 22.3. The van der Waals surface area contributed by atoms with Gasteiger partial charge in [-0.25, -0.2) is 14.1 Å². The zero-order valence-electron chi connectivity index (χ0n) is 18.7. The van der Waals surface area contributed by atoms with Crippen LogP contribution in [-0.4, -0.2) is 80.0 Å². The fourth-order valence-electron chi connectivity index (χ4n) is 3.78. The lowest BCUT2D eigenvalue weighted by molar-refractivity contribution is -0.123. The smallest absolute Gasteiger partial charge is 0.414 e. The van der Waals surface area contributed by atoms with Crippen molar-refractivity contribution in [3.05, 3.63) is 24.3 Å². The summed E-state index contributed by atoms with van der Waals surface area (Å²) < 4.78 is 17.3. The molecular weight excluding hydrogens is 739 g/mol. The Balaban J connectivity index is 1.64. The third-order valence-electron chi connectivity index (χ3n) is 5.51. The molecule has 2 heterocycles. The van der Waals surface area contributed by atoms with Crippen LogP contribution in [0.5, 0.6) is 0 Å². The summed E-state index contributed by atoms with van der Waals surface area (Å²) in [5, 5.41) is 5.17. The van der Waals surface area contributed by atoms with Gasteiger partial charge in [-0.1, -0.05) is 82.6 Å². The lowest BCUT2D eigenvalue weighted by atomic mass is 10.2. The minimum Gasteiger partial charge on any atom is -0.442 e. The van der Waals surface area contributed by atoms with Crippen LogP contribution >= 0.6 is 82.6 Å². The lowest BCUT2D eigenvalue weighted by Crippen LogP contribution is -2.64. The summed E-state index contributed by atoms with van der Waals surface area (Å²) in [5.41, 5.74) is 1.38. The van der Waals surface area contributed by atoms with E-state index in [2.05, 4.69) is 58.4 Å². The van der Waals surface area contributed by atoms with Crippen LogP contribution in [0.1, 0.15) is 6.92 Å². The molecule has 200 valence electrons. The molecule has 0 radical (unpaired) electrons. The zero-order chi connectivity index (χ0) is 26.8. The monoisotopic (exact) mass is 757 g/mol. The van der Waals surface area contributed by atoms with Gasteiger partial charge in [0.1, 0.15) is 12.3 Å². The van der Waals surface area contributed by atoms with Crippen molar-refractivity contribution in [1.82, 2.24) is 15.5 Å². The zero-order valence-corrected chi connectivity index (χ0v) is 25.7. The number of piperazine rings is 1. The summed E-state index contributed by atoms with van der Waals surface area (Å²) in [7, 11) is 0. The molecule has 3 amide bonds. The van der Waals surface area contributed by atoms with Crippen LogP contribution < -0.4 is 20.4 Å². The second-order valence-electron chi connectivity index (χ2n) is 8.10. The van der Waals surface area contributed by atoms with Crippen molar-refractivity contribution < 1.29 is 23.5 Å². The number of nitrogens with zero attached hydrogens (tertiary/aromatic N) is 3. The first-order chi connectivity index (χ1) is 16.7. The highest BCUT2D eigenvalue weighted by Gasteiger charge is 2.45. The molecular formula is C20H22Br3Cl3FN5O4. The topological polar surface area (TPSA) is 94.2 Å². The number of cyclic esters (lactones) is 1. The molecule has 2 aliphatic rings. The molecule has 2 aliphatic heterocycles. The van der Waals surface area contributed by atoms with Crippen LogP contribution in [0, 0.1) is 0 Å². The third kappa shape index (κ3) is 7.73. The number of hydrogen-bond donors (Lipinski definition) is 2. The highest BCUT2D eigenvalue weighted by Crippen LogP contribution is 2.41. The van der Waals surface area contributed by atoms with E-state index in [1.807, 2.05) is 4.90 Å². The summed E-state index contributed by atoms with van der Waals surface area (Å²) in [6.07, 6.45) is -3.36. The van der Waals surface area contributed by atoms with E-state index in [1.54, 1.807) is 24.3 Å². The van der Waals surface area contributed by atoms with E-state index in [0.29, 0.717) is 18.8 Å². The molecule has 0 spiro atoms. The Hall–Kier alpha value is -0.570. The second kappa shape index (κ2) is 12.1. The summed E-state index contributed by atoms with van der Waals surface area (Å²) in [5.74, 6) is -1.10. The maximum atomic E-state index is 15.3. The summed E-state index contributed by atoms with van der Waals surface area (Å²) >= 11 is 27.0. The Morgan fingerprint density at radius 2 is 1.75 bits per heavy atom. The van der Waals surface area contributed by atoms with Crippen molar-refractivity contribution >= 4 is 112 Å². The molecule has 9 nitrogen and oxygen atoms in total. The summed E-state index contributed by atoms with van der Waals surface area (Å²) in [4.78, 5) is 40.3. The largest absolute Gasteiger partial charge is 0.442 e. The minimum atomic E-state index is -2.21. The molecule has 2 saturated heterocycles. The number of carbonyl (C=O) groups excluding carboxylic acids is 3. The summed E-state index contributed by atoms with van der Waals surface area (Å²) in [6, 6.07) is 7.08. The van der Waals surface area contributed by atoms with Crippen molar-refractivity contribution in [2.75, 3.05) is 42.5 Å². The number of halogens is 7. The first-order valence-corrected chi connectivity index (χ1v) is 14.1. The quantitative estimate of drug-likeness (QED) is 0.334. The van der Waals surface area contributed by atoms with Crippen molar-refractivity contribution in [2.24, 2.45) is 0 Å². The molecule has 16 heteroatoms. The van der Waals surface area contributed by atoms with Crippen LogP contribution in [0.15, 0.2) is 24.3 Å². The fraction of sp³-hybridized carbons (Fsp3) is 0.550. The SMILES string of the molecule is CC(=O)NCC1CN(c2ccc(N3CCN(C(NC(=O)C(Cl)(Cl)Cl)C(Br)(Br)Br)[C@@H](F)C3)cc2)C(=O)O1. The van der Waals surface area contributed by atoms with Crippen LogP contribution in [-0.2, 0) is 14.3 Å². The maximum Gasteiger partial charge on any atom is 0.414 e. The number of ether oxygens (including phenoxy) is 1. The summed E-state index contributed by atoms with van der Waals surface area (Å²) in [6.45, 7) is 2.62. The van der Waals surface area contributed by atoms with Crippen molar-refractivity contribution in [2.45, 2.75) is 31.4 Å². The number of rotatable bonds is 6. The van der Waals surface area contributed by atoms with Gasteiger partial charge in [-0.3, -0.25) is 14.5 Å². The number of benzene rings is 1. The number of nitrogens with one attached hydrogen (secondary N) is 2. The molecule has 0 aliphatic carbocycles. The van der Waals surface area contributed by atoms with Crippen LogP contribution in [0.4, 0.5) is 20.6 Å². The van der Waals surface area contributed by atoms with Crippen molar-refractivity contribution in [1.29, 1.82) is 0 Å². The number of hydrogen-bond acceptors (Lipinski definition) is 6. The van der Waals surface area contributed by atoms with E-state index in [9.17, 15) is 14.4 Å². The Morgan fingerprint density at radius 1 is 1.14 bits per heavy atom. The van der Waals surface area contributed by atoms with Gasteiger partial charge in [-0.15, -0.1) is 0 Å². The Morgan fingerprint density at radius 3 is 2.28 bits per heavy atom. The van der Waals surface area contributed by atoms with Gasteiger partial charge in [0.2, 0.25) is 5.91 Å².